The molecule has 0 unspecified atom stereocenters. The minimum Gasteiger partial charge on any atom is -0.336 e. The van der Waals surface area contributed by atoms with Crippen LogP contribution in [0.4, 0.5) is 11.5 Å². The Morgan fingerprint density at radius 3 is 3.11 bits per heavy atom. The largest absolute Gasteiger partial charge is 0.336 e. The molecule has 0 saturated heterocycles. The molecule has 2 N–H and O–H groups in total. The van der Waals surface area contributed by atoms with E-state index in [1.54, 1.807) is 24.3 Å². The summed E-state index contributed by atoms with van der Waals surface area (Å²) in [7, 11) is 0. The third-order valence-electron chi connectivity index (χ3n) is 2.39. The van der Waals surface area contributed by atoms with Crippen molar-refractivity contribution in [3.05, 3.63) is 40.2 Å². The van der Waals surface area contributed by atoms with Crippen molar-refractivity contribution in [1.82, 2.24) is 20.3 Å². The number of nitriles is 1. The molecule has 3 aromatic rings. The molecule has 0 atom stereocenters. The lowest BCUT2D eigenvalue weighted by molar-refractivity contribution is 0.314. The van der Waals surface area contributed by atoms with Gasteiger partial charge in [0.15, 0.2) is 5.82 Å². The van der Waals surface area contributed by atoms with Crippen molar-refractivity contribution in [2.24, 2.45) is 0 Å². The van der Waals surface area contributed by atoms with Gasteiger partial charge in [0.1, 0.15) is 0 Å². The van der Waals surface area contributed by atoms with E-state index in [1.807, 2.05) is 6.07 Å². The molecule has 19 heavy (non-hydrogen) atoms. The number of hydrogen-bond acceptors (Lipinski definition) is 7. The summed E-state index contributed by atoms with van der Waals surface area (Å²) in [6.07, 6.45) is 0. The smallest absolute Gasteiger partial charge is 0.292 e. The molecule has 3 rings (SSSR count). The van der Waals surface area contributed by atoms with Gasteiger partial charge in [0.05, 0.1) is 11.6 Å². The summed E-state index contributed by atoms with van der Waals surface area (Å²) < 4.78 is 4.46. The van der Waals surface area contributed by atoms with Gasteiger partial charge in [-0.05, 0) is 28.5 Å². The summed E-state index contributed by atoms with van der Waals surface area (Å²) in [6.45, 7) is 0. The van der Waals surface area contributed by atoms with E-state index >= 15 is 0 Å². The van der Waals surface area contributed by atoms with Gasteiger partial charge in [-0.2, -0.15) is 10.2 Å². The zero-order valence-electron chi connectivity index (χ0n) is 9.41. The highest BCUT2D eigenvalue weighted by Gasteiger charge is 2.09. The molecule has 0 bridgehead atoms. The van der Waals surface area contributed by atoms with E-state index in [1.165, 1.54) is 0 Å². The number of fused-ring (bicyclic) bond motifs is 1. The fourth-order valence-corrected chi connectivity index (χ4v) is 1.55. The maximum absolute atomic E-state index is 11.7. The van der Waals surface area contributed by atoms with Gasteiger partial charge in [0.25, 0.3) is 5.56 Å². The highest BCUT2D eigenvalue weighted by molar-refractivity contribution is 5.67. The predicted octanol–water partition coefficient (Wildman–Crippen LogP) is 0.921. The Morgan fingerprint density at radius 1 is 1.37 bits per heavy atom. The van der Waals surface area contributed by atoms with Crippen LogP contribution in [0.1, 0.15) is 5.56 Å². The van der Waals surface area contributed by atoms with E-state index in [9.17, 15) is 4.79 Å². The molecule has 2 heterocycles. The van der Waals surface area contributed by atoms with Crippen LogP contribution >= 0.6 is 0 Å². The lowest BCUT2D eigenvalue weighted by Gasteiger charge is -2.03. The minimum atomic E-state index is -0.453. The van der Waals surface area contributed by atoms with Gasteiger partial charge in [-0.15, -0.1) is 0 Å². The second-order valence-corrected chi connectivity index (χ2v) is 3.67. The molecule has 0 saturated carbocycles. The average Bonchev–Trinajstić information content (AvgIpc) is 2.86. The first-order valence-corrected chi connectivity index (χ1v) is 5.26. The number of aromatic nitrogens is 4. The highest BCUT2D eigenvalue weighted by atomic mass is 16.6. The van der Waals surface area contributed by atoms with Crippen LogP contribution < -0.4 is 10.9 Å². The summed E-state index contributed by atoms with van der Waals surface area (Å²) in [5, 5.41) is 18.6. The summed E-state index contributed by atoms with van der Waals surface area (Å²) in [4.78, 5) is 18.2. The number of aromatic amines is 1. The number of hydrogen-bond donors (Lipinski definition) is 2. The normalized spacial score (nSPS) is 10.3. The summed E-state index contributed by atoms with van der Waals surface area (Å²) in [6, 6.07) is 8.69. The van der Waals surface area contributed by atoms with Crippen molar-refractivity contribution in [3.8, 4) is 6.07 Å². The van der Waals surface area contributed by atoms with Crippen LogP contribution in [-0.4, -0.2) is 20.3 Å². The molecule has 92 valence electrons. The average molecular weight is 254 g/mol. The van der Waals surface area contributed by atoms with Crippen LogP contribution in [0, 0.1) is 11.3 Å². The molecule has 8 nitrogen and oxygen atoms in total. The summed E-state index contributed by atoms with van der Waals surface area (Å²) >= 11 is 0. The maximum Gasteiger partial charge on any atom is 0.292 e. The first-order chi connectivity index (χ1) is 9.26. The lowest BCUT2D eigenvalue weighted by Crippen LogP contribution is -2.13. The minimum absolute atomic E-state index is 0.0540. The van der Waals surface area contributed by atoms with Crippen LogP contribution in [0.15, 0.2) is 33.7 Å². The number of nitrogens with zero attached hydrogens (tertiary/aromatic N) is 4. The Labute approximate surface area is 105 Å². The molecule has 0 amide bonds. The molecule has 0 radical (unpaired) electrons. The van der Waals surface area contributed by atoms with Gasteiger partial charge < -0.3 is 5.32 Å². The van der Waals surface area contributed by atoms with E-state index in [0.717, 1.165) is 0 Å². The van der Waals surface area contributed by atoms with E-state index in [2.05, 4.69) is 30.2 Å². The zero-order valence-corrected chi connectivity index (χ0v) is 9.41. The third kappa shape index (κ3) is 2.00. The quantitative estimate of drug-likeness (QED) is 0.697. The molecular formula is C11H6N6O2. The van der Waals surface area contributed by atoms with Crippen LogP contribution in [0.3, 0.4) is 0 Å². The van der Waals surface area contributed by atoms with Crippen molar-refractivity contribution < 1.29 is 4.63 Å². The zero-order chi connectivity index (χ0) is 13.2. The Hall–Kier alpha value is -3.21. The van der Waals surface area contributed by atoms with Crippen LogP contribution in [-0.2, 0) is 0 Å². The topological polar surface area (TPSA) is 120 Å². The van der Waals surface area contributed by atoms with E-state index in [0.29, 0.717) is 11.3 Å². The van der Waals surface area contributed by atoms with Crippen molar-refractivity contribution in [3.63, 3.8) is 0 Å². The van der Waals surface area contributed by atoms with Crippen molar-refractivity contribution in [2.75, 3.05) is 5.32 Å². The first kappa shape index (κ1) is 10.9. The van der Waals surface area contributed by atoms with Gasteiger partial charge in [0, 0.05) is 5.69 Å². The number of H-pyrrole nitrogens is 1. The molecule has 1 aromatic carbocycles. The van der Waals surface area contributed by atoms with Crippen LogP contribution in [0.2, 0.25) is 0 Å². The monoisotopic (exact) mass is 254 g/mol. The van der Waals surface area contributed by atoms with Gasteiger partial charge in [-0.25, -0.2) is 4.63 Å². The van der Waals surface area contributed by atoms with E-state index in [4.69, 9.17) is 5.26 Å². The van der Waals surface area contributed by atoms with Crippen LogP contribution in [0.5, 0.6) is 0 Å². The van der Waals surface area contributed by atoms with Crippen molar-refractivity contribution in [2.45, 2.75) is 0 Å². The third-order valence-corrected chi connectivity index (χ3v) is 2.39. The van der Waals surface area contributed by atoms with E-state index in [-0.39, 0.29) is 17.1 Å². The Balaban J connectivity index is 2.02. The van der Waals surface area contributed by atoms with E-state index < -0.39 is 5.56 Å². The van der Waals surface area contributed by atoms with Gasteiger partial charge >= 0.3 is 0 Å². The van der Waals surface area contributed by atoms with Gasteiger partial charge in [-0.3, -0.25) is 9.78 Å². The Morgan fingerprint density at radius 2 is 2.26 bits per heavy atom. The molecule has 8 heteroatoms. The lowest BCUT2D eigenvalue weighted by atomic mass is 10.2. The number of nitrogens with one attached hydrogen (secondary N) is 2. The number of anilines is 2. The second kappa shape index (κ2) is 4.23. The number of benzene rings is 1. The van der Waals surface area contributed by atoms with Gasteiger partial charge in [-0.1, -0.05) is 6.07 Å². The van der Waals surface area contributed by atoms with Crippen molar-refractivity contribution in [1.29, 1.82) is 5.26 Å². The summed E-state index contributed by atoms with van der Waals surface area (Å²) in [5.74, 6) is 0.0540. The van der Waals surface area contributed by atoms with Crippen molar-refractivity contribution >= 4 is 22.8 Å². The molecule has 0 fully saturated rings. The Bertz CT molecular complexity index is 844. The molecule has 2 aromatic heterocycles. The SMILES string of the molecule is N#Cc1cccc(Nc2nc3nonc3[nH]c2=O)c1. The first-order valence-electron chi connectivity index (χ1n) is 5.26. The predicted molar refractivity (Wildman–Crippen MR) is 64.7 cm³/mol. The van der Waals surface area contributed by atoms with Gasteiger partial charge in [0.2, 0.25) is 11.3 Å². The maximum atomic E-state index is 11.7. The molecule has 0 aliphatic rings. The summed E-state index contributed by atoms with van der Waals surface area (Å²) in [5.41, 5.74) is 0.976. The molecule has 0 spiro atoms. The standard InChI is InChI=1S/C11H6N6O2/c12-5-6-2-1-3-7(4-6)13-10-11(18)15-9-8(14-10)16-19-17-9/h1-4H,(H,13,14,16)(H,15,17,18). The Kier molecular flexibility index (Phi) is 2.43. The molecular weight excluding hydrogens is 248 g/mol. The molecule has 0 aliphatic carbocycles. The number of rotatable bonds is 2. The fraction of sp³-hybridized carbons (Fsp3) is 0. The fourth-order valence-electron chi connectivity index (χ4n) is 1.55. The second-order valence-electron chi connectivity index (χ2n) is 3.67. The highest BCUT2D eigenvalue weighted by Crippen LogP contribution is 2.14. The van der Waals surface area contributed by atoms with Crippen LogP contribution in [0.25, 0.3) is 11.3 Å². The molecule has 0 aliphatic heterocycles.